The van der Waals surface area contributed by atoms with Crippen LogP contribution in [0.5, 0.6) is 0 Å². The highest BCUT2D eigenvalue weighted by molar-refractivity contribution is 5.47. The summed E-state index contributed by atoms with van der Waals surface area (Å²) in [5, 5.41) is 4.17. The van der Waals surface area contributed by atoms with Crippen molar-refractivity contribution in [1.29, 1.82) is 0 Å². The maximum atomic E-state index is 5.82. The minimum absolute atomic E-state index is 0.416. The summed E-state index contributed by atoms with van der Waals surface area (Å²) in [6, 6.07) is 7.67. The van der Waals surface area contributed by atoms with E-state index in [-0.39, 0.29) is 0 Å². The fourth-order valence-electron chi connectivity index (χ4n) is 1.39. The Morgan fingerprint density at radius 3 is 2.60 bits per heavy atom. The predicted octanol–water partition coefficient (Wildman–Crippen LogP) is 0.570. The van der Waals surface area contributed by atoms with Gasteiger partial charge in [-0.1, -0.05) is 18.2 Å². The molecule has 15 heavy (non-hydrogen) atoms. The minimum atomic E-state index is 0.416. The van der Waals surface area contributed by atoms with E-state index in [1.165, 1.54) is 0 Å². The Hall–Kier alpha value is -2.04. The first-order chi connectivity index (χ1) is 7.16. The highest BCUT2D eigenvalue weighted by Gasteiger charge is 2.06. The topological polar surface area (TPSA) is 82.8 Å². The van der Waals surface area contributed by atoms with Gasteiger partial charge in [0.1, 0.15) is 0 Å². The number of nitrogens with zero attached hydrogens (tertiary/aromatic N) is 3. The summed E-state index contributed by atoms with van der Waals surface area (Å²) in [6.45, 7) is 0. The average molecular weight is 203 g/mol. The molecule has 4 N–H and O–H groups in total. The van der Waals surface area contributed by atoms with E-state index in [0.29, 0.717) is 18.2 Å². The number of benzene rings is 1. The van der Waals surface area contributed by atoms with E-state index >= 15 is 0 Å². The van der Waals surface area contributed by atoms with Crippen molar-refractivity contribution in [1.82, 2.24) is 14.8 Å². The zero-order valence-corrected chi connectivity index (χ0v) is 8.51. The quantitative estimate of drug-likeness (QED) is 0.699. The molecular weight excluding hydrogens is 190 g/mol. The summed E-state index contributed by atoms with van der Waals surface area (Å²) in [7, 11) is 1.76. The van der Waals surface area contributed by atoms with Crippen LogP contribution in [0.4, 0.5) is 11.6 Å². The molecule has 1 heterocycles. The second-order valence-corrected chi connectivity index (χ2v) is 3.39. The fourth-order valence-corrected chi connectivity index (χ4v) is 1.39. The van der Waals surface area contributed by atoms with Crippen LogP contribution < -0.4 is 11.5 Å². The zero-order valence-electron chi connectivity index (χ0n) is 8.51. The molecule has 0 fully saturated rings. The van der Waals surface area contributed by atoms with Crippen LogP contribution in [0.15, 0.2) is 24.3 Å². The zero-order chi connectivity index (χ0) is 10.8. The Balaban J connectivity index is 2.26. The van der Waals surface area contributed by atoms with Gasteiger partial charge in [-0.05, 0) is 11.6 Å². The molecule has 0 atom stereocenters. The molecule has 1 aromatic heterocycles. The number of aromatic nitrogens is 3. The van der Waals surface area contributed by atoms with E-state index < -0.39 is 0 Å². The van der Waals surface area contributed by atoms with Gasteiger partial charge < -0.3 is 11.5 Å². The largest absolute Gasteiger partial charge is 0.398 e. The molecule has 5 nitrogen and oxygen atoms in total. The summed E-state index contributed by atoms with van der Waals surface area (Å²) in [4.78, 5) is 4.12. The van der Waals surface area contributed by atoms with Gasteiger partial charge in [0.2, 0.25) is 5.95 Å². The van der Waals surface area contributed by atoms with Crippen LogP contribution in [0.1, 0.15) is 11.4 Å². The SMILES string of the molecule is Cn1nc(Cc2ccccc2N)nc1N. The van der Waals surface area contributed by atoms with Crippen molar-refractivity contribution in [2.45, 2.75) is 6.42 Å². The predicted molar refractivity (Wildman–Crippen MR) is 59.1 cm³/mol. The molecule has 0 aliphatic carbocycles. The van der Waals surface area contributed by atoms with Gasteiger partial charge in [-0.15, -0.1) is 0 Å². The van der Waals surface area contributed by atoms with Crippen LogP contribution in [-0.2, 0) is 13.5 Å². The lowest BCUT2D eigenvalue weighted by Crippen LogP contribution is -1.98. The van der Waals surface area contributed by atoms with Gasteiger partial charge in [0.05, 0.1) is 0 Å². The molecule has 2 aromatic rings. The first kappa shape index (κ1) is 9.51. The van der Waals surface area contributed by atoms with Gasteiger partial charge in [-0.3, -0.25) is 0 Å². The van der Waals surface area contributed by atoms with Gasteiger partial charge in [-0.2, -0.15) is 10.1 Å². The summed E-state index contributed by atoms with van der Waals surface area (Å²) < 4.78 is 1.55. The first-order valence-electron chi connectivity index (χ1n) is 4.65. The van der Waals surface area contributed by atoms with Crippen molar-refractivity contribution >= 4 is 11.6 Å². The van der Waals surface area contributed by atoms with Gasteiger partial charge in [0, 0.05) is 19.2 Å². The van der Waals surface area contributed by atoms with E-state index in [1.54, 1.807) is 11.7 Å². The molecule has 0 saturated carbocycles. The third kappa shape index (κ3) is 1.90. The van der Waals surface area contributed by atoms with Crippen molar-refractivity contribution in [3.05, 3.63) is 35.7 Å². The lowest BCUT2D eigenvalue weighted by molar-refractivity contribution is 0.759. The molecule has 0 aliphatic heterocycles. The van der Waals surface area contributed by atoms with Crippen molar-refractivity contribution in [3.63, 3.8) is 0 Å². The number of nitrogen functional groups attached to an aromatic ring is 2. The Morgan fingerprint density at radius 2 is 2.00 bits per heavy atom. The van der Waals surface area contributed by atoms with Gasteiger partial charge in [-0.25, -0.2) is 4.68 Å². The Labute approximate surface area is 87.7 Å². The number of para-hydroxylation sites is 1. The Bertz CT molecular complexity index is 455. The molecule has 0 spiro atoms. The van der Waals surface area contributed by atoms with Crippen LogP contribution in [0, 0.1) is 0 Å². The molecule has 78 valence electrons. The summed E-state index contributed by atoms with van der Waals surface area (Å²) in [5.74, 6) is 1.10. The van der Waals surface area contributed by atoms with Crippen LogP contribution in [-0.4, -0.2) is 14.8 Å². The fraction of sp³-hybridized carbons (Fsp3) is 0.200. The van der Waals surface area contributed by atoms with E-state index in [9.17, 15) is 0 Å². The van der Waals surface area contributed by atoms with Crippen LogP contribution in [0.25, 0.3) is 0 Å². The van der Waals surface area contributed by atoms with Crippen LogP contribution >= 0.6 is 0 Å². The van der Waals surface area contributed by atoms with Crippen LogP contribution in [0.2, 0.25) is 0 Å². The minimum Gasteiger partial charge on any atom is -0.398 e. The molecule has 0 unspecified atom stereocenters. The number of rotatable bonds is 2. The number of hydrogen-bond donors (Lipinski definition) is 2. The molecule has 5 heteroatoms. The monoisotopic (exact) mass is 203 g/mol. The maximum absolute atomic E-state index is 5.82. The third-order valence-corrected chi connectivity index (χ3v) is 2.24. The molecule has 0 aliphatic rings. The van der Waals surface area contributed by atoms with E-state index in [0.717, 1.165) is 11.3 Å². The lowest BCUT2D eigenvalue weighted by atomic mass is 10.1. The summed E-state index contributed by atoms with van der Waals surface area (Å²) >= 11 is 0. The third-order valence-electron chi connectivity index (χ3n) is 2.24. The molecule has 2 rings (SSSR count). The first-order valence-corrected chi connectivity index (χ1v) is 4.65. The van der Waals surface area contributed by atoms with Gasteiger partial charge in [0.25, 0.3) is 0 Å². The van der Waals surface area contributed by atoms with Crippen molar-refractivity contribution in [2.75, 3.05) is 11.5 Å². The number of hydrogen-bond acceptors (Lipinski definition) is 4. The summed E-state index contributed by atoms with van der Waals surface area (Å²) in [5.41, 5.74) is 13.2. The van der Waals surface area contributed by atoms with Crippen molar-refractivity contribution in [2.24, 2.45) is 7.05 Å². The highest BCUT2D eigenvalue weighted by atomic mass is 15.4. The lowest BCUT2D eigenvalue weighted by Gasteiger charge is -2.01. The second kappa shape index (κ2) is 3.61. The summed E-state index contributed by atoms with van der Waals surface area (Å²) in [6.07, 6.45) is 0.609. The Kier molecular flexibility index (Phi) is 2.29. The average Bonchev–Trinajstić information content (AvgIpc) is 2.50. The van der Waals surface area contributed by atoms with E-state index in [2.05, 4.69) is 10.1 Å². The van der Waals surface area contributed by atoms with Gasteiger partial charge in [0.15, 0.2) is 5.82 Å². The van der Waals surface area contributed by atoms with E-state index in [1.807, 2.05) is 24.3 Å². The smallest absolute Gasteiger partial charge is 0.218 e. The molecular formula is C10H13N5. The molecule has 0 bridgehead atoms. The van der Waals surface area contributed by atoms with Crippen molar-refractivity contribution < 1.29 is 0 Å². The maximum Gasteiger partial charge on any atom is 0.218 e. The highest BCUT2D eigenvalue weighted by Crippen LogP contribution is 2.14. The van der Waals surface area contributed by atoms with E-state index in [4.69, 9.17) is 11.5 Å². The number of nitrogens with two attached hydrogens (primary N) is 2. The Morgan fingerprint density at radius 1 is 1.27 bits per heavy atom. The molecule has 0 amide bonds. The molecule has 1 aromatic carbocycles. The molecule has 0 radical (unpaired) electrons. The number of anilines is 2. The van der Waals surface area contributed by atoms with Crippen LogP contribution in [0.3, 0.4) is 0 Å². The normalized spacial score (nSPS) is 10.5. The van der Waals surface area contributed by atoms with Crippen molar-refractivity contribution in [3.8, 4) is 0 Å². The second-order valence-electron chi connectivity index (χ2n) is 3.39. The number of aryl methyl sites for hydroxylation is 1. The standard InChI is InChI=1S/C10H13N5/c1-15-10(12)13-9(14-15)6-7-4-2-3-5-8(7)11/h2-5H,6,11H2,1H3,(H2,12,13,14). The van der Waals surface area contributed by atoms with Gasteiger partial charge >= 0.3 is 0 Å². The molecule has 0 saturated heterocycles.